The molecule has 0 aromatic rings. The summed E-state index contributed by atoms with van der Waals surface area (Å²) in [6.07, 6.45) is -0.464. The van der Waals surface area contributed by atoms with Gasteiger partial charge in [-0.2, -0.15) is 0 Å². The standard InChI is InChI=1S/C10H20N2O3/c1-6-12(7-8(13)11-5)9(14)15-10(2,3)4/h6-7H2,1-5H3,(H,11,13). The molecule has 0 spiro atoms. The highest BCUT2D eigenvalue weighted by Crippen LogP contribution is 2.09. The molecule has 88 valence electrons. The van der Waals surface area contributed by atoms with Crippen LogP contribution < -0.4 is 5.32 Å². The fourth-order valence-electron chi connectivity index (χ4n) is 0.884. The van der Waals surface area contributed by atoms with Crippen LogP contribution in [0.4, 0.5) is 4.79 Å². The third-order valence-corrected chi connectivity index (χ3v) is 1.65. The highest BCUT2D eigenvalue weighted by Gasteiger charge is 2.22. The molecule has 2 amide bonds. The predicted octanol–water partition coefficient (Wildman–Crippen LogP) is 0.989. The zero-order valence-corrected chi connectivity index (χ0v) is 10.1. The SMILES string of the molecule is CCN(CC(=O)NC)C(=O)OC(C)(C)C. The molecule has 0 aromatic carbocycles. The molecule has 0 rings (SSSR count). The fourth-order valence-corrected chi connectivity index (χ4v) is 0.884. The third kappa shape index (κ3) is 5.93. The largest absolute Gasteiger partial charge is 0.444 e. The second-order valence-electron chi connectivity index (χ2n) is 4.17. The van der Waals surface area contributed by atoms with Crippen LogP contribution in [0.15, 0.2) is 0 Å². The first-order chi connectivity index (χ1) is 6.80. The van der Waals surface area contributed by atoms with Crippen molar-refractivity contribution in [3.63, 3.8) is 0 Å². The lowest BCUT2D eigenvalue weighted by Crippen LogP contribution is -2.42. The number of hydrogen-bond donors (Lipinski definition) is 1. The van der Waals surface area contributed by atoms with Gasteiger partial charge in [0.2, 0.25) is 5.91 Å². The molecule has 0 atom stereocenters. The summed E-state index contributed by atoms with van der Waals surface area (Å²) in [6, 6.07) is 0. The molecule has 0 aliphatic heterocycles. The van der Waals surface area contributed by atoms with E-state index in [1.807, 2.05) is 0 Å². The minimum absolute atomic E-state index is 0.0297. The Hall–Kier alpha value is -1.26. The Balaban J connectivity index is 4.29. The predicted molar refractivity (Wildman–Crippen MR) is 57.5 cm³/mol. The summed E-state index contributed by atoms with van der Waals surface area (Å²) in [4.78, 5) is 24.0. The van der Waals surface area contributed by atoms with E-state index >= 15 is 0 Å². The maximum absolute atomic E-state index is 11.6. The highest BCUT2D eigenvalue weighted by atomic mass is 16.6. The summed E-state index contributed by atoms with van der Waals surface area (Å²) in [6.45, 7) is 7.65. The summed E-state index contributed by atoms with van der Waals surface area (Å²) < 4.78 is 5.14. The van der Waals surface area contributed by atoms with Crippen LogP contribution >= 0.6 is 0 Å². The van der Waals surface area contributed by atoms with Crippen LogP contribution in [-0.2, 0) is 9.53 Å². The zero-order valence-electron chi connectivity index (χ0n) is 10.1. The average molecular weight is 216 g/mol. The number of nitrogens with one attached hydrogen (secondary N) is 1. The minimum Gasteiger partial charge on any atom is -0.444 e. The van der Waals surface area contributed by atoms with Gasteiger partial charge in [0, 0.05) is 13.6 Å². The van der Waals surface area contributed by atoms with Gasteiger partial charge in [-0.15, -0.1) is 0 Å². The number of rotatable bonds is 3. The second-order valence-corrected chi connectivity index (χ2v) is 4.17. The molecule has 0 bridgehead atoms. The van der Waals surface area contributed by atoms with E-state index in [0.717, 1.165) is 0 Å². The molecule has 0 radical (unpaired) electrons. The number of carbonyl (C=O) groups excluding carboxylic acids is 2. The number of nitrogens with zero attached hydrogens (tertiary/aromatic N) is 1. The molecule has 0 saturated heterocycles. The Labute approximate surface area is 90.8 Å². The van der Waals surface area contributed by atoms with Gasteiger partial charge in [0.05, 0.1) is 0 Å². The van der Waals surface area contributed by atoms with Crippen molar-refractivity contribution in [2.24, 2.45) is 0 Å². The van der Waals surface area contributed by atoms with E-state index in [-0.39, 0.29) is 12.5 Å². The first-order valence-corrected chi connectivity index (χ1v) is 4.98. The molecule has 5 heteroatoms. The van der Waals surface area contributed by atoms with Crippen LogP contribution in [0.3, 0.4) is 0 Å². The monoisotopic (exact) mass is 216 g/mol. The van der Waals surface area contributed by atoms with Crippen LogP contribution in [0.25, 0.3) is 0 Å². The molecule has 0 heterocycles. The van der Waals surface area contributed by atoms with E-state index < -0.39 is 11.7 Å². The van der Waals surface area contributed by atoms with Crippen molar-refractivity contribution in [2.45, 2.75) is 33.3 Å². The Morgan fingerprint density at radius 1 is 1.33 bits per heavy atom. The molecule has 0 aliphatic carbocycles. The van der Waals surface area contributed by atoms with Crippen LogP contribution in [0.1, 0.15) is 27.7 Å². The van der Waals surface area contributed by atoms with Crippen molar-refractivity contribution in [1.29, 1.82) is 0 Å². The van der Waals surface area contributed by atoms with E-state index in [1.165, 1.54) is 11.9 Å². The lowest BCUT2D eigenvalue weighted by molar-refractivity contribution is -0.121. The van der Waals surface area contributed by atoms with Gasteiger partial charge in [-0.1, -0.05) is 0 Å². The third-order valence-electron chi connectivity index (χ3n) is 1.65. The van der Waals surface area contributed by atoms with E-state index in [4.69, 9.17) is 4.74 Å². The van der Waals surface area contributed by atoms with Crippen molar-refractivity contribution in [3.8, 4) is 0 Å². The number of amides is 2. The summed E-state index contributed by atoms with van der Waals surface area (Å²) >= 11 is 0. The van der Waals surface area contributed by atoms with Gasteiger partial charge in [-0.3, -0.25) is 9.69 Å². The van der Waals surface area contributed by atoms with Gasteiger partial charge in [0.1, 0.15) is 12.1 Å². The first kappa shape index (κ1) is 13.7. The van der Waals surface area contributed by atoms with Gasteiger partial charge in [0.25, 0.3) is 0 Å². The second kappa shape index (κ2) is 5.58. The summed E-state index contributed by atoms with van der Waals surface area (Å²) in [5.74, 6) is -0.206. The number of carbonyl (C=O) groups is 2. The molecular formula is C10H20N2O3. The van der Waals surface area contributed by atoms with Crippen LogP contribution in [0.5, 0.6) is 0 Å². The Kier molecular flexibility index (Phi) is 5.11. The molecule has 0 unspecified atom stereocenters. The highest BCUT2D eigenvalue weighted by molar-refractivity contribution is 5.82. The van der Waals surface area contributed by atoms with Crippen molar-refractivity contribution < 1.29 is 14.3 Å². The summed E-state index contributed by atoms with van der Waals surface area (Å²) in [7, 11) is 1.53. The molecule has 1 N–H and O–H groups in total. The molecule has 0 aliphatic rings. The van der Waals surface area contributed by atoms with Gasteiger partial charge in [-0.25, -0.2) is 4.79 Å². The van der Waals surface area contributed by atoms with Crippen molar-refractivity contribution in [1.82, 2.24) is 10.2 Å². The molecule has 0 saturated carbocycles. The molecule has 5 nitrogen and oxygen atoms in total. The minimum atomic E-state index is -0.535. The Morgan fingerprint density at radius 2 is 1.87 bits per heavy atom. The maximum atomic E-state index is 11.6. The Morgan fingerprint density at radius 3 is 2.20 bits per heavy atom. The fraction of sp³-hybridized carbons (Fsp3) is 0.800. The van der Waals surface area contributed by atoms with Crippen molar-refractivity contribution in [2.75, 3.05) is 20.1 Å². The quantitative estimate of drug-likeness (QED) is 0.765. The summed E-state index contributed by atoms with van der Waals surface area (Å²) in [5, 5.41) is 2.46. The molecular weight excluding hydrogens is 196 g/mol. The van der Waals surface area contributed by atoms with E-state index in [1.54, 1.807) is 27.7 Å². The summed E-state index contributed by atoms with van der Waals surface area (Å²) in [5.41, 5.74) is -0.535. The van der Waals surface area contributed by atoms with E-state index in [9.17, 15) is 9.59 Å². The van der Waals surface area contributed by atoms with Crippen molar-refractivity contribution >= 4 is 12.0 Å². The number of likely N-dealkylation sites (N-methyl/N-ethyl adjacent to an activating group) is 2. The van der Waals surface area contributed by atoms with Gasteiger partial charge < -0.3 is 10.1 Å². The zero-order chi connectivity index (χ0) is 12.1. The van der Waals surface area contributed by atoms with Gasteiger partial charge in [-0.05, 0) is 27.7 Å². The lowest BCUT2D eigenvalue weighted by Gasteiger charge is -2.25. The van der Waals surface area contributed by atoms with Crippen molar-refractivity contribution in [3.05, 3.63) is 0 Å². The average Bonchev–Trinajstić information content (AvgIpc) is 2.10. The topological polar surface area (TPSA) is 58.6 Å². The normalized spacial score (nSPS) is 10.7. The number of ether oxygens (including phenoxy) is 1. The lowest BCUT2D eigenvalue weighted by atomic mass is 10.2. The van der Waals surface area contributed by atoms with Crippen LogP contribution in [-0.4, -0.2) is 42.6 Å². The smallest absolute Gasteiger partial charge is 0.410 e. The first-order valence-electron chi connectivity index (χ1n) is 4.98. The molecule has 0 aromatic heterocycles. The molecule has 0 fully saturated rings. The van der Waals surface area contributed by atoms with Gasteiger partial charge in [0.15, 0.2) is 0 Å². The van der Waals surface area contributed by atoms with E-state index in [2.05, 4.69) is 5.32 Å². The van der Waals surface area contributed by atoms with E-state index in [0.29, 0.717) is 6.54 Å². The van der Waals surface area contributed by atoms with Crippen LogP contribution in [0, 0.1) is 0 Å². The maximum Gasteiger partial charge on any atom is 0.410 e. The number of hydrogen-bond acceptors (Lipinski definition) is 3. The van der Waals surface area contributed by atoms with Crippen LogP contribution in [0.2, 0.25) is 0 Å². The Bertz CT molecular complexity index is 233. The van der Waals surface area contributed by atoms with Gasteiger partial charge >= 0.3 is 6.09 Å². The molecule has 15 heavy (non-hydrogen) atoms.